The number of nitrogens with zero attached hydrogens (tertiary/aromatic N) is 1. The molecule has 0 atom stereocenters. The zero-order valence-corrected chi connectivity index (χ0v) is 5.13. The van der Waals surface area contributed by atoms with Gasteiger partial charge in [0, 0.05) is 6.42 Å². The number of rotatable bonds is 1. The standard InChI is InChI=1S/C6H7NO2/c1-2-3-4-5-6-7(8)9/h5-6H,2H2,1H3. The van der Waals surface area contributed by atoms with Gasteiger partial charge in [0.15, 0.2) is 0 Å². The SMILES string of the molecule is CCC#CC=C[N+](=O)[O-]. The van der Waals surface area contributed by atoms with Gasteiger partial charge >= 0.3 is 0 Å². The molecule has 0 unspecified atom stereocenters. The van der Waals surface area contributed by atoms with E-state index < -0.39 is 4.92 Å². The molecule has 0 saturated carbocycles. The maximum atomic E-state index is 9.61. The summed E-state index contributed by atoms with van der Waals surface area (Å²) in [7, 11) is 0. The molecule has 0 aliphatic rings. The average Bonchev–Trinajstić information content (AvgIpc) is 1.80. The van der Waals surface area contributed by atoms with Gasteiger partial charge in [-0.3, -0.25) is 10.1 Å². The lowest BCUT2D eigenvalue weighted by Crippen LogP contribution is -1.80. The minimum Gasteiger partial charge on any atom is -0.259 e. The van der Waals surface area contributed by atoms with E-state index in [4.69, 9.17) is 0 Å². The van der Waals surface area contributed by atoms with E-state index >= 15 is 0 Å². The van der Waals surface area contributed by atoms with Gasteiger partial charge in [-0.2, -0.15) is 0 Å². The lowest BCUT2D eigenvalue weighted by Gasteiger charge is -1.70. The number of hydrogen-bond acceptors (Lipinski definition) is 2. The summed E-state index contributed by atoms with van der Waals surface area (Å²) < 4.78 is 0. The van der Waals surface area contributed by atoms with Gasteiger partial charge in [-0.05, 0) is 0 Å². The highest BCUT2D eigenvalue weighted by molar-refractivity contribution is 5.12. The van der Waals surface area contributed by atoms with Crippen molar-refractivity contribution in [3.63, 3.8) is 0 Å². The van der Waals surface area contributed by atoms with Gasteiger partial charge in [0.25, 0.3) is 0 Å². The zero-order valence-electron chi connectivity index (χ0n) is 5.13. The highest BCUT2D eigenvalue weighted by atomic mass is 16.6. The molecular formula is C6H7NO2. The largest absolute Gasteiger partial charge is 0.259 e. The Hall–Kier alpha value is -1.30. The molecule has 0 heterocycles. The smallest absolute Gasteiger partial charge is 0.242 e. The van der Waals surface area contributed by atoms with E-state index in [9.17, 15) is 10.1 Å². The molecule has 0 N–H and O–H groups in total. The molecular weight excluding hydrogens is 118 g/mol. The number of hydrogen-bond donors (Lipinski definition) is 0. The summed E-state index contributed by atoms with van der Waals surface area (Å²) >= 11 is 0. The molecule has 0 amide bonds. The maximum Gasteiger partial charge on any atom is 0.242 e. The summed E-state index contributed by atoms with van der Waals surface area (Å²) in [4.78, 5) is 9.08. The molecule has 0 aromatic carbocycles. The predicted octanol–water partition coefficient (Wildman–Crippen LogP) is 1.19. The molecule has 0 aromatic rings. The van der Waals surface area contributed by atoms with E-state index in [1.165, 1.54) is 6.08 Å². The van der Waals surface area contributed by atoms with Crippen LogP contribution < -0.4 is 0 Å². The normalized spacial score (nSPS) is 8.56. The predicted molar refractivity (Wildman–Crippen MR) is 34.2 cm³/mol. The van der Waals surface area contributed by atoms with Crippen LogP contribution >= 0.6 is 0 Å². The molecule has 48 valence electrons. The van der Waals surface area contributed by atoms with Crippen LogP contribution in [-0.2, 0) is 0 Å². The van der Waals surface area contributed by atoms with E-state index in [2.05, 4.69) is 11.8 Å². The molecule has 9 heavy (non-hydrogen) atoms. The number of nitro groups is 1. The summed E-state index contributed by atoms with van der Waals surface area (Å²) in [6.45, 7) is 1.88. The average molecular weight is 125 g/mol. The van der Waals surface area contributed by atoms with E-state index in [0.29, 0.717) is 0 Å². The lowest BCUT2D eigenvalue weighted by molar-refractivity contribution is -0.402. The number of allylic oxidation sites excluding steroid dienone is 1. The summed E-state index contributed by atoms with van der Waals surface area (Å²) in [5, 5.41) is 9.61. The Labute approximate surface area is 53.5 Å². The second-order valence-corrected chi connectivity index (χ2v) is 1.28. The van der Waals surface area contributed by atoms with Gasteiger partial charge in [-0.15, -0.1) is 0 Å². The highest BCUT2D eigenvalue weighted by Gasteiger charge is 1.76. The maximum absolute atomic E-state index is 9.61. The van der Waals surface area contributed by atoms with Crippen molar-refractivity contribution in [1.29, 1.82) is 0 Å². The Kier molecular flexibility index (Phi) is 4.15. The van der Waals surface area contributed by atoms with Crippen LogP contribution in [0, 0.1) is 22.0 Å². The van der Waals surface area contributed by atoms with Crippen LogP contribution in [0.5, 0.6) is 0 Å². The van der Waals surface area contributed by atoms with Crippen LogP contribution in [0.4, 0.5) is 0 Å². The lowest BCUT2D eigenvalue weighted by atomic mass is 10.5. The fourth-order valence-corrected chi connectivity index (χ4v) is 0.259. The third-order valence-electron chi connectivity index (χ3n) is 0.558. The highest BCUT2D eigenvalue weighted by Crippen LogP contribution is 1.72. The first-order valence-corrected chi connectivity index (χ1v) is 2.56. The molecule has 0 radical (unpaired) electrons. The fourth-order valence-electron chi connectivity index (χ4n) is 0.259. The van der Waals surface area contributed by atoms with Crippen molar-refractivity contribution < 1.29 is 4.92 Å². The molecule has 0 aromatic heterocycles. The van der Waals surface area contributed by atoms with E-state index in [-0.39, 0.29) is 0 Å². The minimum atomic E-state index is -0.537. The molecule has 0 bridgehead atoms. The first-order valence-electron chi connectivity index (χ1n) is 2.56. The van der Waals surface area contributed by atoms with Crippen LogP contribution in [0.2, 0.25) is 0 Å². The van der Waals surface area contributed by atoms with E-state index in [0.717, 1.165) is 12.6 Å². The summed E-state index contributed by atoms with van der Waals surface area (Å²) in [6.07, 6.45) is 2.77. The molecule has 0 aliphatic heterocycles. The summed E-state index contributed by atoms with van der Waals surface area (Å²) in [6, 6.07) is 0. The van der Waals surface area contributed by atoms with Crippen molar-refractivity contribution >= 4 is 0 Å². The molecule has 0 saturated heterocycles. The Morgan fingerprint density at radius 2 is 2.44 bits per heavy atom. The first-order chi connectivity index (χ1) is 4.27. The Morgan fingerprint density at radius 1 is 1.78 bits per heavy atom. The molecule has 3 heteroatoms. The Morgan fingerprint density at radius 3 is 2.89 bits per heavy atom. The van der Waals surface area contributed by atoms with Gasteiger partial charge in [0.05, 0.1) is 11.0 Å². The van der Waals surface area contributed by atoms with Crippen molar-refractivity contribution in [3.8, 4) is 11.8 Å². The van der Waals surface area contributed by atoms with Crippen molar-refractivity contribution in [2.24, 2.45) is 0 Å². The van der Waals surface area contributed by atoms with Gasteiger partial charge < -0.3 is 0 Å². The van der Waals surface area contributed by atoms with Gasteiger partial charge in [0.2, 0.25) is 6.20 Å². The second kappa shape index (κ2) is 4.85. The van der Waals surface area contributed by atoms with E-state index in [1.54, 1.807) is 0 Å². The molecule has 0 spiro atoms. The van der Waals surface area contributed by atoms with Crippen LogP contribution in [0.3, 0.4) is 0 Å². The van der Waals surface area contributed by atoms with Crippen molar-refractivity contribution in [2.45, 2.75) is 13.3 Å². The van der Waals surface area contributed by atoms with Gasteiger partial charge in [-0.25, -0.2) is 0 Å². The first kappa shape index (κ1) is 7.70. The van der Waals surface area contributed by atoms with Crippen molar-refractivity contribution in [3.05, 3.63) is 22.4 Å². The molecule has 0 fully saturated rings. The second-order valence-electron chi connectivity index (χ2n) is 1.28. The van der Waals surface area contributed by atoms with Gasteiger partial charge in [-0.1, -0.05) is 18.8 Å². The zero-order chi connectivity index (χ0) is 7.11. The third-order valence-corrected chi connectivity index (χ3v) is 0.558. The third kappa shape index (κ3) is 6.70. The van der Waals surface area contributed by atoms with Crippen LogP contribution in [0.15, 0.2) is 12.3 Å². The van der Waals surface area contributed by atoms with Crippen molar-refractivity contribution in [2.75, 3.05) is 0 Å². The quantitative estimate of drug-likeness (QED) is 0.300. The fraction of sp³-hybridized carbons (Fsp3) is 0.333. The topological polar surface area (TPSA) is 43.1 Å². The van der Waals surface area contributed by atoms with Crippen LogP contribution in [-0.4, -0.2) is 4.92 Å². The van der Waals surface area contributed by atoms with Gasteiger partial charge in [0.1, 0.15) is 0 Å². The van der Waals surface area contributed by atoms with Crippen LogP contribution in [0.1, 0.15) is 13.3 Å². The molecule has 0 aliphatic carbocycles. The summed E-state index contributed by atoms with van der Waals surface area (Å²) in [5.41, 5.74) is 0. The minimum absolute atomic E-state index is 0.537. The summed E-state index contributed by atoms with van der Waals surface area (Å²) in [5.74, 6) is 5.16. The van der Waals surface area contributed by atoms with Crippen molar-refractivity contribution in [1.82, 2.24) is 0 Å². The van der Waals surface area contributed by atoms with E-state index in [1.807, 2.05) is 6.92 Å². The monoisotopic (exact) mass is 125 g/mol. The Bertz CT molecular complexity index is 173. The Balaban J connectivity index is 3.59. The van der Waals surface area contributed by atoms with Crippen LogP contribution in [0.25, 0.3) is 0 Å². The molecule has 0 rings (SSSR count). The molecule has 3 nitrogen and oxygen atoms in total.